The van der Waals surface area contributed by atoms with E-state index in [1.165, 1.54) is 13.8 Å². The highest BCUT2D eigenvalue weighted by molar-refractivity contribution is 7.92. The van der Waals surface area contributed by atoms with E-state index in [2.05, 4.69) is 5.32 Å². The summed E-state index contributed by atoms with van der Waals surface area (Å²) in [5, 5.41) is 10.0. The molecule has 0 spiro atoms. The molecule has 0 aromatic rings. The molecule has 1 saturated heterocycles. The fourth-order valence-electron chi connectivity index (χ4n) is 1.69. The molecule has 6 nitrogen and oxygen atoms in total. The minimum atomic E-state index is -3.43. The van der Waals surface area contributed by atoms with Crippen molar-refractivity contribution < 1.29 is 23.1 Å². The number of rotatable bonds is 3. The largest absolute Gasteiger partial charge is 0.480 e. The van der Waals surface area contributed by atoms with Crippen LogP contribution in [0.15, 0.2) is 0 Å². The van der Waals surface area contributed by atoms with Crippen molar-refractivity contribution in [2.45, 2.75) is 43.9 Å². The van der Waals surface area contributed by atoms with Gasteiger partial charge < -0.3 is 10.4 Å². The lowest BCUT2D eigenvalue weighted by atomic mass is 10.1. The van der Waals surface area contributed by atoms with Gasteiger partial charge in [0.25, 0.3) is 0 Å². The first kappa shape index (κ1) is 14.0. The number of amides is 1. The molecule has 0 aliphatic carbocycles. The highest BCUT2D eigenvalue weighted by Crippen LogP contribution is 2.20. The molecular formula is C10H17NO5S. The van der Waals surface area contributed by atoms with Crippen LogP contribution in [0, 0.1) is 0 Å². The van der Waals surface area contributed by atoms with Crippen molar-refractivity contribution in [1.82, 2.24) is 5.32 Å². The van der Waals surface area contributed by atoms with Gasteiger partial charge in [0.1, 0.15) is 10.8 Å². The Balaban J connectivity index is 2.80. The summed E-state index contributed by atoms with van der Waals surface area (Å²) in [4.78, 5) is 22.6. The zero-order valence-electron chi connectivity index (χ0n) is 9.89. The van der Waals surface area contributed by atoms with Crippen LogP contribution in [-0.4, -0.2) is 41.9 Å². The van der Waals surface area contributed by atoms with Gasteiger partial charge in [0.05, 0.1) is 5.75 Å². The number of carboxylic acids is 1. The maximum Gasteiger partial charge on any atom is 0.328 e. The number of carbonyl (C=O) groups is 2. The van der Waals surface area contributed by atoms with E-state index in [4.69, 9.17) is 5.11 Å². The lowest BCUT2D eigenvalue weighted by molar-refractivity contribution is -0.146. The number of carboxylic acid groups (broad SMARTS) is 1. The second-order valence-corrected chi connectivity index (χ2v) is 7.07. The van der Waals surface area contributed by atoms with Crippen LogP contribution in [0.25, 0.3) is 0 Å². The summed E-state index contributed by atoms with van der Waals surface area (Å²) in [7, 11) is -3.43. The molecule has 1 atom stereocenters. The molecule has 1 aliphatic rings. The molecule has 1 amide bonds. The third kappa shape index (κ3) is 3.18. The van der Waals surface area contributed by atoms with E-state index in [0.717, 1.165) is 0 Å². The van der Waals surface area contributed by atoms with Gasteiger partial charge in [-0.3, -0.25) is 4.79 Å². The second kappa shape index (κ2) is 4.64. The lowest BCUT2D eigenvalue weighted by Gasteiger charge is -2.26. The summed E-state index contributed by atoms with van der Waals surface area (Å²) in [5.41, 5.74) is -1.45. The van der Waals surface area contributed by atoms with Gasteiger partial charge in [0, 0.05) is 0 Å². The number of hydrogen-bond donors (Lipinski definition) is 2. The normalized spacial score (nSPS) is 24.0. The molecule has 1 rings (SSSR count). The molecule has 2 N–H and O–H groups in total. The van der Waals surface area contributed by atoms with Gasteiger partial charge in [0.2, 0.25) is 5.91 Å². The van der Waals surface area contributed by atoms with Gasteiger partial charge in [-0.05, 0) is 26.7 Å². The molecule has 0 radical (unpaired) electrons. The van der Waals surface area contributed by atoms with E-state index in [0.29, 0.717) is 12.8 Å². The van der Waals surface area contributed by atoms with Crippen molar-refractivity contribution in [2.24, 2.45) is 0 Å². The summed E-state index contributed by atoms with van der Waals surface area (Å²) in [5.74, 6) is -1.91. The molecule has 0 aromatic heterocycles. The van der Waals surface area contributed by atoms with E-state index in [9.17, 15) is 18.0 Å². The number of carbonyl (C=O) groups excluding carboxylic acids is 1. The predicted octanol–water partition coefficient (Wildman–Crippen LogP) is -0.0669. The van der Waals surface area contributed by atoms with E-state index in [1.54, 1.807) is 0 Å². The summed E-state index contributed by atoms with van der Waals surface area (Å²) in [6.45, 7) is 2.64. The van der Waals surface area contributed by atoms with Crippen LogP contribution < -0.4 is 5.32 Å². The molecule has 1 aliphatic heterocycles. The average molecular weight is 263 g/mol. The highest BCUT2D eigenvalue weighted by Gasteiger charge is 2.38. The molecule has 1 heterocycles. The first-order valence-corrected chi connectivity index (χ1v) is 7.15. The number of sulfone groups is 1. The van der Waals surface area contributed by atoms with E-state index in [-0.39, 0.29) is 12.2 Å². The van der Waals surface area contributed by atoms with Crippen LogP contribution in [0.2, 0.25) is 0 Å². The Labute approximate surface area is 100 Å². The monoisotopic (exact) mass is 263 g/mol. The van der Waals surface area contributed by atoms with Crippen LogP contribution in [0.1, 0.15) is 33.1 Å². The van der Waals surface area contributed by atoms with E-state index >= 15 is 0 Å². The predicted molar refractivity (Wildman–Crippen MR) is 61.3 cm³/mol. The first-order chi connectivity index (χ1) is 7.67. The van der Waals surface area contributed by atoms with Crippen molar-refractivity contribution in [2.75, 3.05) is 5.75 Å². The van der Waals surface area contributed by atoms with E-state index in [1.807, 2.05) is 0 Å². The summed E-state index contributed by atoms with van der Waals surface area (Å²) >= 11 is 0. The van der Waals surface area contributed by atoms with Crippen molar-refractivity contribution in [3.8, 4) is 0 Å². The average Bonchev–Trinajstić information content (AvgIpc) is 2.15. The standard InChI is InChI=1S/C10H17NO5S/c1-10(2,9(13)14)11-8(12)7-5-3-4-6-17(7,15)16/h7H,3-6H2,1-2H3,(H,11,12)(H,13,14). The van der Waals surface area contributed by atoms with Gasteiger partial charge >= 0.3 is 5.97 Å². The fraction of sp³-hybridized carbons (Fsp3) is 0.800. The van der Waals surface area contributed by atoms with Crippen LogP contribution in [0.5, 0.6) is 0 Å². The maximum atomic E-state index is 11.8. The van der Waals surface area contributed by atoms with Crippen molar-refractivity contribution in [1.29, 1.82) is 0 Å². The highest BCUT2D eigenvalue weighted by atomic mass is 32.2. The van der Waals surface area contributed by atoms with Crippen LogP contribution in [0.3, 0.4) is 0 Å². The van der Waals surface area contributed by atoms with Gasteiger partial charge in [0.15, 0.2) is 9.84 Å². The fourth-order valence-corrected chi connectivity index (χ4v) is 3.49. The Kier molecular flexibility index (Phi) is 3.81. The molecule has 1 fully saturated rings. The number of hydrogen-bond acceptors (Lipinski definition) is 4. The van der Waals surface area contributed by atoms with Crippen molar-refractivity contribution in [3.05, 3.63) is 0 Å². The first-order valence-electron chi connectivity index (χ1n) is 5.44. The zero-order valence-corrected chi connectivity index (χ0v) is 10.7. The Morgan fingerprint density at radius 3 is 2.35 bits per heavy atom. The number of nitrogens with one attached hydrogen (secondary N) is 1. The summed E-state index contributed by atoms with van der Waals surface area (Å²) in [6, 6.07) is 0. The van der Waals surface area contributed by atoms with Crippen LogP contribution in [0.4, 0.5) is 0 Å². The van der Waals surface area contributed by atoms with Crippen molar-refractivity contribution >= 4 is 21.7 Å². The molecule has 0 aromatic carbocycles. The Bertz CT molecular complexity index is 426. The van der Waals surface area contributed by atoms with E-state index < -0.39 is 32.5 Å². The molecule has 17 heavy (non-hydrogen) atoms. The summed E-state index contributed by atoms with van der Waals surface area (Å²) in [6.07, 6.45) is 1.50. The molecule has 0 saturated carbocycles. The summed E-state index contributed by atoms with van der Waals surface area (Å²) < 4.78 is 23.3. The SMILES string of the molecule is CC(C)(NC(=O)C1CCCCS1(=O)=O)C(=O)O. The third-order valence-corrected chi connectivity index (χ3v) is 5.02. The van der Waals surface area contributed by atoms with Crippen LogP contribution in [-0.2, 0) is 19.4 Å². The topological polar surface area (TPSA) is 101 Å². The smallest absolute Gasteiger partial charge is 0.328 e. The Morgan fingerprint density at radius 2 is 1.88 bits per heavy atom. The third-order valence-electron chi connectivity index (χ3n) is 2.84. The Morgan fingerprint density at radius 1 is 1.29 bits per heavy atom. The number of aliphatic carboxylic acids is 1. The van der Waals surface area contributed by atoms with Crippen LogP contribution >= 0.6 is 0 Å². The van der Waals surface area contributed by atoms with Gasteiger partial charge in [-0.25, -0.2) is 13.2 Å². The molecule has 7 heteroatoms. The van der Waals surface area contributed by atoms with Gasteiger partial charge in [-0.1, -0.05) is 6.42 Å². The molecule has 1 unspecified atom stereocenters. The van der Waals surface area contributed by atoms with Gasteiger partial charge in [-0.15, -0.1) is 0 Å². The quantitative estimate of drug-likeness (QED) is 0.742. The maximum absolute atomic E-state index is 11.8. The lowest BCUT2D eigenvalue weighted by Crippen LogP contribution is -2.54. The second-order valence-electron chi connectivity index (χ2n) is 4.77. The van der Waals surface area contributed by atoms with Crippen molar-refractivity contribution in [3.63, 3.8) is 0 Å². The van der Waals surface area contributed by atoms with Gasteiger partial charge in [-0.2, -0.15) is 0 Å². The Hall–Kier alpha value is -1.11. The molecular weight excluding hydrogens is 246 g/mol. The zero-order chi connectivity index (χ0) is 13.3. The molecule has 0 bridgehead atoms. The minimum absolute atomic E-state index is 0.00140. The molecule has 98 valence electrons. The minimum Gasteiger partial charge on any atom is -0.480 e.